The molecule has 0 aliphatic rings. The fraction of sp³-hybridized carbons (Fsp3) is 0.556. The van der Waals surface area contributed by atoms with Crippen LogP contribution in [0, 0.1) is 6.92 Å². The minimum absolute atomic E-state index is 0. The number of guanidine groups is 1. The molecule has 5 nitrogen and oxygen atoms in total. The number of aliphatic imine (C=N–C) groups is 1. The Bertz CT molecular complexity index is 683. The van der Waals surface area contributed by atoms with Crippen molar-refractivity contribution < 1.29 is 5.11 Å². The fourth-order valence-electron chi connectivity index (χ4n) is 2.45. The van der Waals surface area contributed by atoms with Crippen molar-refractivity contribution in [2.24, 2.45) is 4.99 Å². The van der Waals surface area contributed by atoms with Crippen LogP contribution in [0.25, 0.3) is 0 Å². The molecule has 0 aliphatic heterocycles. The van der Waals surface area contributed by atoms with Gasteiger partial charge in [-0.1, -0.05) is 6.92 Å². The zero-order valence-electron chi connectivity index (χ0n) is 15.8. The van der Waals surface area contributed by atoms with Crippen LogP contribution in [0.15, 0.2) is 21.8 Å². The summed E-state index contributed by atoms with van der Waals surface area (Å²) in [7, 11) is 0. The summed E-state index contributed by atoms with van der Waals surface area (Å²) in [5.41, 5.74) is 1.15. The van der Waals surface area contributed by atoms with E-state index in [2.05, 4.69) is 34.5 Å². The van der Waals surface area contributed by atoms with Crippen LogP contribution >= 0.6 is 46.7 Å². The highest BCUT2D eigenvalue weighted by molar-refractivity contribution is 14.0. The van der Waals surface area contributed by atoms with E-state index < -0.39 is 5.60 Å². The molecule has 1 unspecified atom stereocenters. The first-order valence-electron chi connectivity index (χ1n) is 8.68. The van der Waals surface area contributed by atoms with Crippen LogP contribution < -0.4 is 10.6 Å². The highest BCUT2D eigenvalue weighted by atomic mass is 127. The number of rotatable bonds is 8. The second kappa shape index (κ2) is 11.2. The zero-order valence-corrected chi connectivity index (χ0v) is 19.8. The van der Waals surface area contributed by atoms with Gasteiger partial charge >= 0.3 is 0 Å². The molecule has 2 heterocycles. The Morgan fingerprint density at radius 1 is 1.35 bits per heavy atom. The van der Waals surface area contributed by atoms with Gasteiger partial charge in [-0.25, -0.2) is 9.98 Å². The van der Waals surface area contributed by atoms with E-state index in [1.54, 1.807) is 29.6 Å². The Kier molecular flexibility index (Phi) is 10.1. The zero-order chi connectivity index (χ0) is 18.3. The maximum absolute atomic E-state index is 10.6. The summed E-state index contributed by atoms with van der Waals surface area (Å²) in [6.45, 7) is 9.96. The summed E-state index contributed by atoms with van der Waals surface area (Å²) in [5.74, 6) is 0.724. The highest BCUT2D eigenvalue weighted by Gasteiger charge is 2.23. The van der Waals surface area contributed by atoms with Gasteiger partial charge in [0.25, 0.3) is 0 Å². The molecule has 8 heteroatoms. The van der Waals surface area contributed by atoms with Crippen molar-refractivity contribution in [2.45, 2.75) is 46.1 Å². The molecule has 0 aliphatic carbocycles. The minimum Gasteiger partial charge on any atom is -0.383 e. The average Bonchev–Trinajstić information content (AvgIpc) is 3.22. The lowest BCUT2D eigenvalue weighted by Gasteiger charge is -2.21. The third-order valence-electron chi connectivity index (χ3n) is 3.94. The van der Waals surface area contributed by atoms with Gasteiger partial charge in [0.1, 0.15) is 5.60 Å². The summed E-state index contributed by atoms with van der Waals surface area (Å²) in [5, 5.41) is 22.2. The predicted molar refractivity (Wildman–Crippen MR) is 123 cm³/mol. The minimum atomic E-state index is -0.954. The number of thiophene rings is 1. The van der Waals surface area contributed by atoms with Crippen LogP contribution in [0.3, 0.4) is 0 Å². The molecule has 0 amide bonds. The Balaban J connectivity index is 0.00000338. The number of nitrogens with zero attached hydrogens (tertiary/aromatic N) is 2. The van der Waals surface area contributed by atoms with E-state index in [1.165, 1.54) is 10.6 Å². The lowest BCUT2D eigenvalue weighted by atomic mass is 10.00. The molecule has 26 heavy (non-hydrogen) atoms. The topological polar surface area (TPSA) is 69.5 Å². The molecule has 2 aromatic rings. The smallest absolute Gasteiger partial charge is 0.191 e. The summed E-state index contributed by atoms with van der Waals surface area (Å²) < 4.78 is 0. The van der Waals surface area contributed by atoms with Crippen molar-refractivity contribution in [3.05, 3.63) is 38.0 Å². The molecule has 0 aromatic carbocycles. The van der Waals surface area contributed by atoms with Crippen LogP contribution in [-0.4, -0.2) is 35.7 Å². The van der Waals surface area contributed by atoms with Crippen LogP contribution in [0.4, 0.5) is 0 Å². The third-order valence-corrected chi connectivity index (χ3v) is 5.69. The van der Waals surface area contributed by atoms with Crippen LogP contribution in [0.5, 0.6) is 0 Å². The molecule has 0 radical (unpaired) electrons. The van der Waals surface area contributed by atoms with Gasteiger partial charge in [-0.3, -0.25) is 0 Å². The van der Waals surface area contributed by atoms with E-state index in [9.17, 15) is 5.11 Å². The van der Waals surface area contributed by atoms with Gasteiger partial charge in [0.15, 0.2) is 5.96 Å². The summed E-state index contributed by atoms with van der Waals surface area (Å²) in [6.07, 6.45) is 1.86. The van der Waals surface area contributed by atoms with Gasteiger partial charge in [0.2, 0.25) is 0 Å². The van der Waals surface area contributed by atoms with E-state index in [0.717, 1.165) is 42.5 Å². The van der Waals surface area contributed by atoms with Crippen molar-refractivity contribution >= 4 is 52.6 Å². The molecule has 3 N–H and O–H groups in total. The Morgan fingerprint density at radius 2 is 2.12 bits per heavy atom. The van der Waals surface area contributed by atoms with Crippen molar-refractivity contribution in [3.63, 3.8) is 0 Å². The molecule has 2 aromatic heterocycles. The average molecular weight is 508 g/mol. The molecule has 0 spiro atoms. The normalized spacial score (nSPS) is 13.8. The van der Waals surface area contributed by atoms with E-state index in [1.807, 2.05) is 23.8 Å². The number of hydrogen-bond acceptors (Lipinski definition) is 5. The number of nitrogens with one attached hydrogen (secondary N) is 2. The number of thiazole rings is 1. The molecule has 0 saturated carbocycles. The van der Waals surface area contributed by atoms with Crippen LogP contribution in [0.2, 0.25) is 0 Å². The predicted octanol–water partition coefficient (Wildman–Crippen LogP) is 3.70. The monoisotopic (exact) mass is 508 g/mol. The van der Waals surface area contributed by atoms with Gasteiger partial charge in [0.05, 0.1) is 17.2 Å². The standard InChI is InChI=1S/C18H28N4OS2.HI/c1-5-15-13(3)25-16(22-15)7-9-20-17(19-6-2)21-12-18(4,23)14-8-10-24-11-14;/h8,10-11,23H,5-7,9,12H2,1-4H3,(H2,19,20,21);1H. The van der Waals surface area contributed by atoms with Gasteiger partial charge in [-0.15, -0.1) is 35.3 Å². The first-order valence-corrected chi connectivity index (χ1v) is 10.4. The number of aryl methyl sites for hydroxylation is 2. The van der Waals surface area contributed by atoms with E-state index in [4.69, 9.17) is 0 Å². The summed E-state index contributed by atoms with van der Waals surface area (Å²) in [6, 6.07) is 1.94. The van der Waals surface area contributed by atoms with Gasteiger partial charge < -0.3 is 15.7 Å². The number of hydrogen-bond donors (Lipinski definition) is 3. The molecular formula is C18H29IN4OS2. The van der Waals surface area contributed by atoms with Crippen molar-refractivity contribution in [1.29, 1.82) is 0 Å². The molecule has 0 saturated heterocycles. The van der Waals surface area contributed by atoms with Crippen molar-refractivity contribution in [1.82, 2.24) is 15.6 Å². The van der Waals surface area contributed by atoms with Gasteiger partial charge in [0, 0.05) is 24.4 Å². The molecule has 146 valence electrons. The molecule has 1 atom stereocenters. The maximum atomic E-state index is 10.6. The second-order valence-corrected chi connectivity index (χ2v) is 8.19. The van der Waals surface area contributed by atoms with Crippen LogP contribution in [-0.2, 0) is 18.4 Å². The first-order chi connectivity index (χ1) is 12.0. The van der Waals surface area contributed by atoms with E-state index >= 15 is 0 Å². The molecule has 0 fully saturated rings. The maximum Gasteiger partial charge on any atom is 0.191 e. The highest BCUT2D eigenvalue weighted by Crippen LogP contribution is 2.23. The third kappa shape index (κ3) is 6.79. The Labute approximate surface area is 181 Å². The molecular weight excluding hydrogens is 479 g/mol. The summed E-state index contributed by atoms with van der Waals surface area (Å²) in [4.78, 5) is 10.5. The lowest BCUT2D eigenvalue weighted by molar-refractivity contribution is 0.0677. The summed E-state index contributed by atoms with van der Waals surface area (Å²) >= 11 is 3.35. The number of aromatic nitrogens is 1. The first kappa shape index (κ1) is 23.3. The van der Waals surface area contributed by atoms with Crippen molar-refractivity contribution in [3.8, 4) is 0 Å². The quantitative estimate of drug-likeness (QED) is 0.289. The second-order valence-electron chi connectivity index (χ2n) is 6.12. The lowest BCUT2D eigenvalue weighted by Crippen LogP contribution is -2.39. The molecule has 2 rings (SSSR count). The Morgan fingerprint density at radius 3 is 2.69 bits per heavy atom. The van der Waals surface area contributed by atoms with Gasteiger partial charge in [-0.05, 0) is 49.6 Å². The SMILES string of the molecule is CCNC(=NCC(C)(O)c1ccsc1)NCCc1nc(CC)c(C)s1.I. The largest absolute Gasteiger partial charge is 0.383 e. The molecule has 0 bridgehead atoms. The van der Waals surface area contributed by atoms with E-state index in [0.29, 0.717) is 6.54 Å². The number of aliphatic hydroxyl groups is 1. The van der Waals surface area contributed by atoms with Crippen LogP contribution in [0.1, 0.15) is 41.9 Å². The number of halogens is 1. The van der Waals surface area contributed by atoms with E-state index in [-0.39, 0.29) is 24.0 Å². The fourth-order valence-corrected chi connectivity index (χ4v) is 4.25. The Hall–Kier alpha value is -0.710. The van der Waals surface area contributed by atoms with Gasteiger partial charge in [-0.2, -0.15) is 11.3 Å². The van der Waals surface area contributed by atoms with Crippen molar-refractivity contribution in [2.75, 3.05) is 19.6 Å².